The molecule has 0 aliphatic carbocycles. The second-order valence-corrected chi connectivity index (χ2v) is 6.65. The molecule has 0 bridgehead atoms. The van der Waals surface area contributed by atoms with Crippen LogP contribution >= 0.6 is 0 Å². The molecule has 156 valence electrons. The number of hydrogen-bond donors (Lipinski definition) is 2. The number of urea groups is 1. The molecule has 0 fully saturated rings. The summed E-state index contributed by atoms with van der Waals surface area (Å²) in [5.74, 6) is -1.27. The predicted octanol–water partition coefficient (Wildman–Crippen LogP) is 5.97. The van der Waals surface area contributed by atoms with E-state index in [4.69, 9.17) is 4.74 Å². The van der Waals surface area contributed by atoms with Gasteiger partial charge < -0.3 is 15.4 Å². The van der Waals surface area contributed by atoms with Crippen LogP contribution in [0.5, 0.6) is 5.75 Å². The number of aromatic nitrogens is 1. The summed E-state index contributed by atoms with van der Waals surface area (Å²) in [5, 5.41) is 5.47. The molecule has 0 atom stereocenters. The van der Waals surface area contributed by atoms with Gasteiger partial charge in [0.15, 0.2) is 0 Å². The number of amides is 2. The maximum Gasteiger partial charge on any atom is 0.323 e. The molecule has 0 saturated carbocycles. The Hall–Kier alpha value is -4.07. The van der Waals surface area contributed by atoms with Crippen LogP contribution in [0.1, 0.15) is 0 Å². The number of nitrogens with one attached hydrogen (secondary N) is 2. The number of carbonyl (C=O) groups excluding carboxylic acids is 1. The third-order valence-corrected chi connectivity index (χ3v) is 4.57. The van der Waals surface area contributed by atoms with Crippen LogP contribution in [-0.2, 0) is 0 Å². The van der Waals surface area contributed by atoms with E-state index in [1.54, 1.807) is 36.4 Å². The molecule has 0 aliphatic rings. The molecule has 4 rings (SSSR count). The highest BCUT2D eigenvalue weighted by atomic mass is 19.1. The quantitative estimate of drug-likeness (QED) is 0.425. The van der Waals surface area contributed by atoms with Gasteiger partial charge in [-0.1, -0.05) is 0 Å². The lowest BCUT2D eigenvalue weighted by Gasteiger charge is -2.12. The van der Waals surface area contributed by atoms with Crippen molar-refractivity contribution in [1.82, 2.24) is 4.98 Å². The second kappa shape index (κ2) is 8.35. The lowest BCUT2D eigenvalue weighted by atomic mass is 10.1. The first kappa shape index (κ1) is 20.2. The SMILES string of the molecule is COc1cc(-c2ccc(F)cc2)nc2ccc(NC(=O)Nc3cc(F)ccc3F)cc12. The highest BCUT2D eigenvalue weighted by Gasteiger charge is 2.12. The Bertz CT molecular complexity index is 1280. The third-order valence-electron chi connectivity index (χ3n) is 4.57. The van der Waals surface area contributed by atoms with E-state index in [2.05, 4.69) is 15.6 Å². The molecule has 8 heteroatoms. The molecule has 5 nitrogen and oxygen atoms in total. The van der Waals surface area contributed by atoms with Crippen LogP contribution in [0, 0.1) is 17.5 Å². The summed E-state index contributed by atoms with van der Waals surface area (Å²) in [4.78, 5) is 16.8. The van der Waals surface area contributed by atoms with Crippen molar-refractivity contribution in [2.24, 2.45) is 0 Å². The summed E-state index contributed by atoms with van der Waals surface area (Å²) in [7, 11) is 1.50. The Morgan fingerprint density at radius 2 is 1.61 bits per heavy atom. The van der Waals surface area contributed by atoms with Crippen LogP contribution in [0.3, 0.4) is 0 Å². The standard InChI is InChI=1S/C23H16F3N3O2/c1-31-22-12-20(13-2-4-14(24)5-3-13)28-19-9-7-16(11-17(19)22)27-23(30)29-21-10-15(25)6-8-18(21)26/h2-12H,1H3,(H2,27,29,30). The lowest BCUT2D eigenvalue weighted by molar-refractivity contribution is 0.262. The van der Waals surface area contributed by atoms with Crippen LogP contribution in [0.25, 0.3) is 22.2 Å². The van der Waals surface area contributed by atoms with Gasteiger partial charge in [0.1, 0.15) is 23.2 Å². The van der Waals surface area contributed by atoms with Gasteiger partial charge in [-0.05, 0) is 54.6 Å². The average Bonchev–Trinajstić information content (AvgIpc) is 2.76. The van der Waals surface area contributed by atoms with E-state index in [1.807, 2.05) is 0 Å². The number of ether oxygens (including phenoxy) is 1. The number of benzene rings is 3. The Morgan fingerprint density at radius 3 is 2.35 bits per heavy atom. The van der Waals surface area contributed by atoms with Gasteiger partial charge in [0, 0.05) is 28.8 Å². The number of nitrogens with zero attached hydrogens (tertiary/aromatic N) is 1. The van der Waals surface area contributed by atoms with E-state index in [1.165, 1.54) is 19.2 Å². The molecule has 0 aliphatic heterocycles. The highest BCUT2D eigenvalue weighted by Crippen LogP contribution is 2.32. The number of carbonyl (C=O) groups is 1. The van der Waals surface area contributed by atoms with Gasteiger partial charge in [-0.3, -0.25) is 0 Å². The van der Waals surface area contributed by atoms with Gasteiger partial charge in [0.05, 0.1) is 24.0 Å². The van der Waals surface area contributed by atoms with Gasteiger partial charge in [-0.2, -0.15) is 0 Å². The summed E-state index contributed by atoms with van der Waals surface area (Å²) in [6, 6.07) is 14.6. The van der Waals surface area contributed by atoms with E-state index in [-0.39, 0.29) is 11.5 Å². The predicted molar refractivity (Wildman–Crippen MR) is 113 cm³/mol. The molecule has 0 saturated heterocycles. The molecule has 1 aromatic heterocycles. The Kier molecular flexibility index (Phi) is 5.44. The molecular weight excluding hydrogens is 407 g/mol. The zero-order valence-electron chi connectivity index (χ0n) is 16.2. The van der Waals surface area contributed by atoms with E-state index in [0.29, 0.717) is 28.0 Å². The molecule has 1 heterocycles. The second-order valence-electron chi connectivity index (χ2n) is 6.65. The monoisotopic (exact) mass is 423 g/mol. The number of methoxy groups -OCH3 is 1. The van der Waals surface area contributed by atoms with Crippen LogP contribution in [-0.4, -0.2) is 18.1 Å². The number of pyridine rings is 1. The van der Waals surface area contributed by atoms with Crippen molar-refractivity contribution in [1.29, 1.82) is 0 Å². The van der Waals surface area contributed by atoms with Gasteiger partial charge >= 0.3 is 6.03 Å². The number of hydrogen-bond acceptors (Lipinski definition) is 3. The molecule has 3 aromatic carbocycles. The zero-order chi connectivity index (χ0) is 22.0. The third kappa shape index (κ3) is 4.42. The first-order valence-electron chi connectivity index (χ1n) is 9.21. The minimum Gasteiger partial charge on any atom is -0.496 e. The average molecular weight is 423 g/mol. The van der Waals surface area contributed by atoms with Crippen molar-refractivity contribution in [3.05, 3.63) is 84.2 Å². The molecule has 2 N–H and O–H groups in total. The van der Waals surface area contributed by atoms with Crippen molar-refractivity contribution in [2.75, 3.05) is 17.7 Å². The molecule has 2 amide bonds. The molecular formula is C23H16F3N3O2. The summed E-state index contributed by atoms with van der Waals surface area (Å²) < 4.78 is 45.7. The Labute approximate surface area is 175 Å². The highest BCUT2D eigenvalue weighted by molar-refractivity contribution is 6.01. The molecule has 0 spiro atoms. The number of rotatable bonds is 4. The van der Waals surface area contributed by atoms with Crippen molar-refractivity contribution < 1.29 is 22.7 Å². The van der Waals surface area contributed by atoms with Crippen molar-refractivity contribution in [2.45, 2.75) is 0 Å². The summed E-state index contributed by atoms with van der Waals surface area (Å²) in [5.41, 5.74) is 2.04. The Balaban J connectivity index is 1.61. The van der Waals surface area contributed by atoms with Crippen LogP contribution < -0.4 is 15.4 Å². The van der Waals surface area contributed by atoms with Crippen molar-refractivity contribution in [3.8, 4) is 17.0 Å². The molecule has 4 aromatic rings. The van der Waals surface area contributed by atoms with E-state index in [9.17, 15) is 18.0 Å². The molecule has 0 unspecified atom stereocenters. The fraction of sp³-hybridized carbons (Fsp3) is 0.0435. The topological polar surface area (TPSA) is 63.2 Å². The van der Waals surface area contributed by atoms with E-state index < -0.39 is 17.7 Å². The maximum absolute atomic E-state index is 13.7. The fourth-order valence-corrected chi connectivity index (χ4v) is 3.09. The largest absolute Gasteiger partial charge is 0.496 e. The molecule has 0 radical (unpaired) electrons. The van der Waals surface area contributed by atoms with E-state index in [0.717, 1.165) is 23.8 Å². The van der Waals surface area contributed by atoms with Gasteiger partial charge in [0.2, 0.25) is 0 Å². The van der Waals surface area contributed by atoms with Crippen LogP contribution in [0.15, 0.2) is 66.7 Å². The number of anilines is 2. The minimum absolute atomic E-state index is 0.276. The molecule has 31 heavy (non-hydrogen) atoms. The van der Waals surface area contributed by atoms with Gasteiger partial charge in [-0.15, -0.1) is 0 Å². The van der Waals surface area contributed by atoms with Gasteiger partial charge in [0.25, 0.3) is 0 Å². The zero-order valence-corrected chi connectivity index (χ0v) is 16.2. The van der Waals surface area contributed by atoms with Crippen molar-refractivity contribution in [3.63, 3.8) is 0 Å². The minimum atomic E-state index is -0.755. The number of halogens is 3. The maximum atomic E-state index is 13.7. The summed E-state index contributed by atoms with van der Waals surface area (Å²) in [6.07, 6.45) is 0. The smallest absolute Gasteiger partial charge is 0.323 e. The van der Waals surface area contributed by atoms with Crippen molar-refractivity contribution >= 4 is 28.3 Å². The van der Waals surface area contributed by atoms with Crippen LogP contribution in [0.2, 0.25) is 0 Å². The van der Waals surface area contributed by atoms with Crippen LogP contribution in [0.4, 0.5) is 29.3 Å². The summed E-state index contributed by atoms with van der Waals surface area (Å²) >= 11 is 0. The first-order chi connectivity index (χ1) is 14.9. The summed E-state index contributed by atoms with van der Waals surface area (Å²) in [6.45, 7) is 0. The fourth-order valence-electron chi connectivity index (χ4n) is 3.09. The number of fused-ring (bicyclic) bond motifs is 1. The normalized spacial score (nSPS) is 10.7. The first-order valence-corrected chi connectivity index (χ1v) is 9.21. The Morgan fingerprint density at radius 1 is 0.871 bits per heavy atom. The van der Waals surface area contributed by atoms with E-state index >= 15 is 0 Å². The lowest BCUT2D eigenvalue weighted by Crippen LogP contribution is -2.20. The van der Waals surface area contributed by atoms with Gasteiger partial charge in [-0.25, -0.2) is 22.9 Å².